The highest BCUT2D eigenvalue weighted by atomic mass is 35.5. The van der Waals surface area contributed by atoms with Gasteiger partial charge in [0.05, 0.1) is 19.3 Å². The van der Waals surface area contributed by atoms with Gasteiger partial charge in [-0.05, 0) is 57.2 Å². The number of nitrogens with zero attached hydrogens (tertiary/aromatic N) is 5. The molecular weight excluding hydrogens is 570 g/mol. The number of hydrogen-bond acceptors (Lipinski definition) is 8. The van der Waals surface area contributed by atoms with Gasteiger partial charge in [0.2, 0.25) is 5.88 Å². The van der Waals surface area contributed by atoms with Crippen molar-refractivity contribution in [1.82, 2.24) is 24.3 Å². The molecule has 2 aromatic carbocycles. The van der Waals surface area contributed by atoms with Crippen molar-refractivity contribution in [3.05, 3.63) is 94.4 Å². The number of aromatic nitrogens is 4. The molecule has 5 rings (SSSR count). The number of carbonyl (C=O) groups excluding carboxylic acids is 1. The van der Waals surface area contributed by atoms with Crippen molar-refractivity contribution in [2.75, 3.05) is 32.8 Å². The molecule has 0 bridgehead atoms. The summed E-state index contributed by atoms with van der Waals surface area (Å²) in [6.07, 6.45) is 2.91. The highest BCUT2D eigenvalue weighted by Crippen LogP contribution is 2.30. The standard InChI is InChI=1S/C32H39N5O5.ClH/c1-4-40-30(38)32(2,3)37-31(39)36-27(33-37)16-17-28(34-36)41-23-11-20-35-21-18-26(19-22-35)42-29(24-12-7-5-8-13-24)25-14-9-6-10-15-25;/h5-10,12-17,26,29H,4,11,18-23H2,1-3H3;1H. The van der Waals surface area contributed by atoms with Gasteiger partial charge in [0.1, 0.15) is 6.10 Å². The molecule has 43 heavy (non-hydrogen) atoms. The van der Waals surface area contributed by atoms with Gasteiger partial charge in [-0.15, -0.1) is 22.6 Å². The third-order valence-corrected chi connectivity index (χ3v) is 7.60. The predicted octanol–water partition coefficient (Wildman–Crippen LogP) is 4.65. The zero-order valence-electron chi connectivity index (χ0n) is 24.9. The molecule has 0 amide bonds. The smallest absolute Gasteiger partial charge is 0.368 e. The summed E-state index contributed by atoms with van der Waals surface area (Å²) in [6, 6.07) is 24.2. The second-order valence-corrected chi connectivity index (χ2v) is 11.0. The zero-order valence-corrected chi connectivity index (χ0v) is 25.7. The van der Waals surface area contributed by atoms with Gasteiger partial charge in [-0.25, -0.2) is 9.59 Å². The van der Waals surface area contributed by atoms with Gasteiger partial charge in [0.15, 0.2) is 11.2 Å². The van der Waals surface area contributed by atoms with Gasteiger partial charge in [-0.2, -0.15) is 9.20 Å². The molecule has 1 fully saturated rings. The minimum atomic E-state index is -1.26. The van der Waals surface area contributed by atoms with Gasteiger partial charge >= 0.3 is 11.7 Å². The summed E-state index contributed by atoms with van der Waals surface area (Å²) >= 11 is 0. The fourth-order valence-corrected chi connectivity index (χ4v) is 5.22. The predicted molar refractivity (Wildman–Crippen MR) is 166 cm³/mol. The maximum Gasteiger partial charge on any atom is 0.368 e. The Morgan fingerprint density at radius 2 is 1.58 bits per heavy atom. The summed E-state index contributed by atoms with van der Waals surface area (Å²) in [6.45, 7) is 8.43. The Morgan fingerprint density at radius 1 is 0.953 bits per heavy atom. The third-order valence-electron chi connectivity index (χ3n) is 7.60. The molecule has 10 nitrogen and oxygen atoms in total. The van der Waals surface area contributed by atoms with Crippen molar-refractivity contribution in [1.29, 1.82) is 0 Å². The van der Waals surface area contributed by atoms with Crippen LogP contribution < -0.4 is 10.4 Å². The van der Waals surface area contributed by atoms with E-state index in [0.717, 1.165) is 48.1 Å². The van der Waals surface area contributed by atoms with Gasteiger partial charge in [-0.1, -0.05) is 60.7 Å². The maximum atomic E-state index is 12.9. The van der Waals surface area contributed by atoms with E-state index >= 15 is 0 Å². The van der Waals surface area contributed by atoms with Crippen LogP contribution in [0.2, 0.25) is 0 Å². The van der Waals surface area contributed by atoms with Crippen LogP contribution in [0.5, 0.6) is 5.88 Å². The van der Waals surface area contributed by atoms with E-state index in [0.29, 0.717) is 18.1 Å². The number of carbonyl (C=O) groups is 1. The highest BCUT2D eigenvalue weighted by molar-refractivity contribution is 5.85. The molecule has 0 radical (unpaired) electrons. The first-order chi connectivity index (χ1) is 20.4. The van der Waals surface area contributed by atoms with Gasteiger partial charge in [0, 0.05) is 25.7 Å². The molecule has 230 valence electrons. The molecule has 3 heterocycles. The summed E-state index contributed by atoms with van der Waals surface area (Å²) in [5, 5.41) is 8.58. The first-order valence-corrected chi connectivity index (χ1v) is 14.6. The molecule has 0 spiro atoms. The fraction of sp³-hybridized carbons (Fsp3) is 0.438. The Hall–Kier alpha value is -3.73. The molecule has 0 aliphatic carbocycles. The van der Waals surface area contributed by atoms with E-state index in [9.17, 15) is 9.59 Å². The molecule has 1 aliphatic heterocycles. The molecule has 4 aromatic rings. The largest absolute Gasteiger partial charge is 0.477 e. The Morgan fingerprint density at radius 3 is 2.19 bits per heavy atom. The van der Waals surface area contributed by atoms with Crippen LogP contribution in [-0.4, -0.2) is 69.2 Å². The fourth-order valence-electron chi connectivity index (χ4n) is 5.22. The minimum absolute atomic E-state index is 0. The second-order valence-electron chi connectivity index (χ2n) is 11.0. The van der Waals surface area contributed by atoms with E-state index in [1.807, 2.05) is 12.1 Å². The lowest BCUT2D eigenvalue weighted by atomic mass is 10.00. The lowest BCUT2D eigenvalue weighted by Gasteiger charge is -2.34. The molecule has 0 atom stereocenters. The summed E-state index contributed by atoms with van der Waals surface area (Å²) in [7, 11) is 0. The van der Waals surface area contributed by atoms with Crippen LogP contribution >= 0.6 is 12.4 Å². The molecule has 1 aliphatic rings. The second kappa shape index (κ2) is 14.6. The molecule has 0 saturated carbocycles. The summed E-state index contributed by atoms with van der Waals surface area (Å²) < 4.78 is 19.9. The number of esters is 1. The van der Waals surface area contributed by atoms with E-state index in [4.69, 9.17) is 14.2 Å². The van der Waals surface area contributed by atoms with Gasteiger partial charge < -0.3 is 19.1 Å². The lowest BCUT2D eigenvalue weighted by Crippen LogP contribution is -2.44. The topological polar surface area (TPSA) is 100 Å². The van der Waals surface area contributed by atoms with Crippen molar-refractivity contribution in [3.8, 4) is 5.88 Å². The molecule has 11 heteroatoms. The number of hydrogen-bond donors (Lipinski definition) is 0. The van der Waals surface area contributed by atoms with Crippen LogP contribution in [0.3, 0.4) is 0 Å². The van der Waals surface area contributed by atoms with Crippen LogP contribution in [0.25, 0.3) is 5.65 Å². The Kier molecular flexibility index (Phi) is 11.0. The van der Waals surface area contributed by atoms with E-state index in [1.165, 1.54) is 11.1 Å². The monoisotopic (exact) mass is 609 g/mol. The Labute approximate surface area is 258 Å². The molecule has 1 saturated heterocycles. The number of halogens is 1. The number of piperidine rings is 1. The summed E-state index contributed by atoms with van der Waals surface area (Å²) in [5.74, 6) is -0.201. The van der Waals surface area contributed by atoms with Crippen molar-refractivity contribution < 1.29 is 19.0 Å². The first-order valence-electron chi connectivity index (χ1n) is 14.6. The van der Waals surface area contributed by atoms with E-state index in [1.54, 1.807) is 32.9 Å². The van der Waals surface area contributed by atoms with E-state index < -0.39 is 17.2 Å². The number of ether oxygens (including phenoxy) is 3. The molecule has 0 unspecified atom stereocenters. The van der Waals surface area contributed by atoms with Crippen molar-refractivity contribution in [3.63, 3.8) is 0 Å². The Balaban J connectivity index is 0.00000423. The van der Waals surface area contributed by atoms with E-state index in [2.05, 4.69) is 63.6 Å². The van der Waals surface area contributed by atoms with Crippen molar-refractivity contribution >= 4 is 24.0 Å². The minimum Gasteiger partial charge on any atom is -0.477 e. The quantitative estimate of drug-likeness (QED) is 0.169. The van der Waals surface area contributed by atoms with Crippen molar-refractivity contribution in [2.24, 2.45) is 0 Å². The number of rotatable bonds is 12. The van der Waals surface area contributed by atoms with Crippen LogP contribution in [0.4, 0.5) is 0 Å². The third kappa shape index (κ3) is 7.62. The zero-order chi connectivity index (χ0) is 29.5. The normalized spacial score (nSPS) is 14.5. The molecule has 0 N–H and O–H groups in total. The van der Waals surface area contributed by atoms with Crippen molar-refractivity contribution in [2.45, 2.75) is 57.8 Å². The van der Waals surface area contributed by atoms with Crippen LogP contribution in [0.15, 0.2) is 77.6 Å². The maximum absolute atomic E-state index is 12.9. The molecular formula is C32H40ClN5O5. The van der Waals surface area contributed by atoms with Gasteiger partial charge in [-0.3, -0.25) is 0 Å². The van der Waals surface area contributed by atoms with Crippen LogP contribution in [0.1, 0.15) is 57.3 Å². The van der Waals surface area contributed by atoms with Gasteiger partial charge in [0.25, 0.3) is 0 Å². The summed E-state index contributed by atoms with van der Waals surface area (Å²) in [5.41, 5.74) is 0.890. The van der Waals surface area contributed by atoms with E-state index in [-0.39, 0.29) is 31.2 Å². The lowest BCUT2D eigenvalue weighted by molar-refractivity contribution is -0.152. The number of benzene rings is 2. The number of likely N-dealkylation sites (tertiary alicyclic amines) is 1. The van der Waals surface area contributed by atoms with Crippen LogP contribution in [-0.2, 0) is 19.8 Å². The average molecular weight is 610 g/mol. The average Bonchev–Trinajstić information content (AvgIpc) is 3.36. The Bertz CT molecular complexity index is 1480. The SMILES string of the molecule is CCOC(=O)C(C)(C)n1nc2ccc(OCCCN3CCC(OC(c4ccccc4)c4ccccc4)CC3)nn2c1=O.Cl. The summed E-state index contributed by atoms with van der Waals surface area (Å²) in [4.78, 5) is 27.7. The van der Waals surface area contributed by atoms with Crippen LogP contribution in [0, 0.1) is 0 Å². The number of fused-ring (bicyclic) bond motifs is 1. The highest BCUT2D eigenvalue weighted by Gasteiger charge is 2.35. The first kappa shape index (κ1) is 32.2. The molecule has 2 aromatic heterocycles.